The average Bonchev–Trinajstić information content (AvgIpc) is 3.22. The van der Waals surface area contributed by atoms with Crippen LogP contribution in [0.15, 0.2) is 42.5 Å². The van der Waals surface area contributed by atoms with Gasteiger partial charge in [-0.1, -0.05) is 13.8 Å². The molecule has 0 aliphatic carbocycles. The number of hydrogen-bond acceptors (Lipinski definition) is 5. The van der Waals surface area contributed by atoms with Crippen molar-refractivity contribution in [3.63, 3.8) is 0 Å². The number of halogens is 10. The molecule has 2 atom stereocenters. The molecule has 0 saturated carbocycles. The molecule has 7 nitrogen and oxygen atoms in total. The van der Waals surface area contributed by atoms with Gasteiger partial charge in [0.15, 0.2) is 0 Å². The molecular formula is C30H24F10N2O5. The molecule has 0 N–H and O–H groups in total. The maximum absolute atomic E-state index is 14.9. The molecule has 1 aliphatic heterocycles. The number of nitro groups is 1. The van der Waals surface area contributed by atoms with Crippen molar-refractivity contribution >= 4 is 11.8 Å². The lowest BCUT2D eigenvalue weighted by molar-refractivity contribution is -0.384. The quantitative estimate of drug-likeness (QED) is 0.141. The number of rotatable bonds is 7. The third-order valence-corrected chi connectivity index (χ3v) is 7.58. The van der Waals surface area contributed by atoms with Crippen molar-refractivity contribution in [3.05, 3.63) is 91.8 Å². The van der Waals surface area contributed by atoms with Crippen LogP contribution in [0.1, 0.15) is 66.2 Å². The minimum Gasteiger partial charge on any atom is -0.496 e. The highest BCUT2D eigenvalue weighted by Crippen LogP contribution is 2.49. The van der Waals surface area contributed by atoms with E-state index in [4.69, 9.17) is 9.47 Å². The smallest absolute Gasteiger partial charge is 0.416 e. The molecule has 4 rings (SSSR count). The first-order valence-corrected chi connectivity index (χ1v) is 13.6. The lowest BCUT2D eigenvalue weighted by atomic mass is 9.87. The number of methoxy groups -OCH3 is 1. The van der Waals surface area contributed by atoms with Crippen molar-refractivity contribution in [2.45, 2.75) is 63.9 Å². The Balaban J connectivity index is 1.94. The summed E-state index contributed by atoms with van der Waals surface area (Å²) in [6.45, 7) is 3.43. The summed E-state index contributed by atoms with van der Waals surface area (Å²) in [4.78, 5) is 24.8. The molecule has 47 heavy (non-hydrogen) atoms. The topological polar surface area (TPSA) is 81.9 Å². The van der Waals surface area contributed by atoms with Crippen LogP contribution in [0, 0.1) is 15.9 Å². The van der Waals surface area contributed by atoms with Crippen molar-refractivity contribution in [1.82, 2.24) is 4.90 Å². The van der Waals surface area contributed by atoms with Crippen LogP contribution in [-0.2, 0) is 29.8 Å². The summed E-state index contributed by atoms with van der Waals surface area (Å²) in [7, 11) is 1.08. The van der Waals surface area contributed by atoms with E-state index in [1.165, 1.54) is 6.92 Å². The molecule has 1 aliphatic rings. The first-order chi connectivity index (χ1) is 21.5. The van der Waals surface area contributed by atoms with Gasteiger partial charge in [0.05, 0.1) is 40.3 Å². The highest BCUT2D eigenvalue weighted by Gasteiger charge is 2.45. The molecule has 0 aromatic heterocycles. The zero-order valence-corrected chi connectivity index (χ0v) is 24.7. The Labute approximate surface area is 259 Å². The molecule has 1 fully saturated rings. The van der Waals surface area contributed by atoms with Crippen molar-refractivity contribution in [2.24, 2.45) is 0 Å². The SMILES string of the molecule is COc1cc(F)c(C(C)C)cc1-c1c([C@H]2OC(=O)N(Cc3cc(C(F)(F)F)cc(C(F)(F)F)c3)[C@@H]2C)cc(C(F)(F)F)cc1[N+](=O)[O-]. The summed E-state index contributed by atoms with van der Waals surface area (Å²) in [5.41, 5.74) is -7.97. The number of cyclic esters (lactones) is 1. The molecule has 3 aromatic carbocycles. The number of nitrogens with zero attached hydrogens (tertiary/aromatic N) is 2. The Morgan fingerprint density at radius 2 is 1.43 bits per heavy atom. The van der Waals surface area contributed by atoms with Gasteiger partial charge in [0.1, 0.15) is 17.7 Å². The summed E-state index contributed by atoms with van der Waals surface area (Å²) in [6.07, 6.45) is -18.7. The minimum absolute atomic E-state index is 0.00375. The van der Waals surface area contributed by atoms with Crippen molar-refractivity contribution in [2.75, 3.05) is 7.11 Å². The zero-order valence-electron chi connectivity index (χ0n) is 24.7. The number of nitro benzene ring substituents is 1. The number of carbonyl (C=O) groups excluding carboxylic acids is 1. The minimum atomic E-state index is -5.20. The van der Waals surface area contributed by atoms with Gasteiger partial charge in [0.25, 0.3) is 5.69 Å². The van der Waals surface area contributed by atoms with Crippen molar-refractivity contribution < 1.29 is 63.1 Å². The normalized spacial score (nSPS) is 17.3. The Bertz CT molecular complexity index is 1680. The number of benzene rings is 3. The van der Waals surface area contributed by atoms with Gasteiger partial charge in [-0.3, -0.25) is 15.0 Å². The fourth-order valence-corrected chi connectivity index (χ4v) is 5.30. The Hall–Kier alpha value is -4.57. The van der Waals surface area contributed by atoms with E-state index in [0.29, 0.717) is 23.1 Å². The number of hydrogen-bond donors (Lipinski definition) is 0. The van der Waals surface area contributed by atoms with Crippen LogP contribution in [0.5, 0.6) is 5.75 Å². The second-order valence-corrected chi connectivity index (χ2v) is 11.0. The Morgan fingerprint density at radius 3 is 1.89 bits per heavy atom. The number of ether oxygens (including phenoxy) is 2. The molecule has 0 spiro atoms. The highest BCUT2D eigenvalue weighted by molar-refractivity contribution is 5.84. The third-order valence-electron chi connectivity index (χ3n) is 7.58. The summed E-state index contributed by atoms with van der Waals surface area (Å²) >= 11 is 0. The van der Waals surface area contributed by atoms with Crippen LogP contribution in [0.4, 0.5) is 54.4 Å². The van der Waals surface area contributed by atoms with Crippen LogP contribution in [0.2, 0.25) is 0 Å². The molecule has 0 radical (unpaired) electrons. The predicted octanol–water partition coefficient (Wildman–Crippen LogP) is 9.67. The van der Waals surface area contributed by atoms with E-state index in [0.717, 1.165) is 19.2 Å². The third kappa shape index (κ3) is 7.07. The molecule has 3 aromatic rings. The van der Waals surface area contributed by atoms with E-state index >= 15 is 0 Å². The van der Waals surface area contributed by atoms with E-state index in [2.05, 4.69) is 0 Å². The monoisotopic (exact) mass is 682 g/mol. The second kappa shape index (κ2) is 12.2. The van der Waals surface area contributed by atoms with Crippen molar-refractivity contribution in [3.8, 4) is 16.9 Å². The summed E-state index contributed by atoms with van der Waals surface area (Å²) < 4.78 is 148. The van der Waals surface area contributed by atoms with Gasteiger partial charge >= 0.3 is 24.6 Å². The Kier molecular flexibility index (Phi) is 9.18. The number of amides is 1. The van der Waals surface area contributed by atoms with Gasteiger partial charge in [-0.15, -0.1) is 0 Å². The van der Waals surface area contributed by atoms with Crippen LogP contribution in [-0.4, -0.2) is 29.1 Å². The molecule has 17 heteroatoms. The van der Waals surface area contributed by atoms with Crippen LogP contribution < -0.4 is 4.74 Å². The summed E-state index contributed by atoms with van der Waals surface area (Å²) in [6, 6.07) is 1.95. The number of alkyl halides is 9. The average molecular weight is 683 g/mol. The maximum Gasteiger partial charge on any atom is 0.416 e. The highest BCUT2D eigenvalue weighted by atomic mass is 19.4. The molecule has 0 unspecified atom stereocenters. The fourth-order valence-electron chi connectivity index (χ4n) is 5.30. The first kappa shape index (κ1) is 35.3. The lowest BCUT2D eigenvalue weighted by Gasteiger charge is -2.25. The molecule has 254 valence electrons. The van der Waals surface area contributed by atoms with Crippen LogP contribution >= 0.6 is 0 Å². The van der Waals surface area contributed by atoms with Gasteiger partial charge in [0, 0.05) is 29.8 Å². The zero-order chi connectivity index (χ0) is 35.4. The first-order valence-electron chi connectivity index (χ1n) is 13.6. The molecule has 1 heterocycles. The number of carbonyl (C=O) groups is 1. The summed E-state index contributed by atoms with van der Waals surface area (Å²) in [5, 5.41) is 12.2. The van der Waals surface area contributed by atoms with Gasteiger partial charge in [0.2, 0.25) is 0 Å². The van der Waals surface area contributed by atoms with Gasteiger partial charge in [-0.05, 0) is 54.3 Å². The maximum atomic E-state index is 14.9. The van der Waals surface area contributed by atoms with E-state index in [1.807, 2.05) is 0 Å². The van der Waals surface area contributed by atoms with E-state index < -0.39 is 99.0 Å². The van der Waals surface area contributed by atoms with Crippen LogP contribution in [0.3, 0.4) is 0 Å². The molecular weight excluding hydrogens is 658 g/mol. The molecule has 1 saturated heterocycles. The van der Waals surface area contributed by atoms with Crippen LogP contribution in [0.25, 0.3) is 11.1 Å². The largest absolute Gasteiger partial charge is 0.496 e. The lowest BCUT2D eigenvalue weighted by Crippen LogP contribution is -2.32. The predicted molar refractivity (Wildman–Crippen MR) is 145 cm³/mol. The molecule has 1 amide bonds. The molecule has 0 bridgehead atoms. The van der Waals surface area contributed by atoms with E-state index in [1.54, 1.807) is 13.8 Å². The Morgan fingerprint density at radius 1 is 0.894 bits per heavy atom. The van der Waals surface area contributed by atoms with E-state index in [9.17, 15) is 58.8 Å². The van der Waals surface area contributed by atoms with Gasteiger partial charge in [-0.2, -0.15) is 39.5 Å². The van der Waals surface area contributed by atoms with E-state index in [-0.39, 0.29) is 29.0 Å². The van der Waals surface area contributed by atoms with Gasteiger partial charge < -0.3 is 9.47 Å². The fraction of sp³-hybridized carbons (Fsp3) is 0.367. The second-order valence-electron chi connectivity index (χ2n) is 11.0. The summed E-state index contributed by atoms with van der Waals surface area (Å²) in [5.74, 6) is -1.64. The van der Waals surface area contributed by atoms with Crippen molar-refractivity contribution in [1.29, 1.82) is 0 Å². The standard InChI is InChI=1S/C30H24F10N2O5/c1-13(2)19-10-20(24(46-4)11-22(19)31)25-21(8-18(30(38,39)40)9-23(25)42(44)45)26-14(3)41(27(43)47-26)12-15-5-16(28(32,33)34)7-17(6-15)29(35,36)37/h5-11,13-14,26H,12H2,1-4H3/t14-,26+/m1/s1. The van der Waals surface area contributed by atoms with Gasteiger partial charge in [-0.25, -0.2) is 9.18 Å².